The van der Waals surface area contributed by atoms with Crippen LogP contribution in [0.2, 0.25) is 0 Å². The molecule has 18 heavy (non-hydrogen) atoms. The Bertz CT molecular complexity index is 242. The van der Waals surface area contributed by atoms with Crippen molar-refractivity contribution in [3.63, 3.8) is 0 Å². The van der Waals surface area contributed by atoms with Gasteiger partial charge in [0.15, 0.2) is 0 Å². The molecule has 0 spiro atoms. The van der Waals surface area contributed by atoms with Crippen LogP contribution in [0.4, 0.5) is 0 Å². The average Bonchev–Trinajstić information content (AvgIpc) is 2.34. The Morgan fingerprint density at radius 1 is 1.22 bits per heavy atom. The molecule has 1 saturated carbocycles. The number of esters is 1. The lowest BCUT2D eigenvalue weighted by atomic mass is 9.75. The predicted molar refractivity (Wildman–Crippen MR) is 72.3 cm³/mol. The van der Waals surface area contributed by atoms with Crippen molar-refractivity contribution in [3.8, 4) is 0 Å². The van der Waals surface area contributed by atoms with E-state index in [2.05, 4.69) is 6.92 Å². The summed E-state index contributed by atoms with van der Waals surface area (Å²) in [5.74, 6) is -0.563. The quantitative estimate of drug-likeness (QED) is 0.766. The first-order chi connectivity index (χ1) is 8.64. The topological polar surface area (TPSA) is 46.5 Å². The summed E-state index contributed by atoms with van der Waals surface area (Å²) in [7, 11) is 1.42. The lowest BCUT2D eigenvalue weighted by Gasteiger charge is -2.36. The summed E-state index contributed by atoms with van der Waals surface area (Å²) in [6, 6.07) is 0. The van der Waals surface area contributed by atoms with Crippen LogP contribution in [0.25, 0.3) is 0 Å². The van der Waals surface area contributed by atoms with Crippen LogP contribution in [0.5, 0.6) is 0 Å². The van der Waals surface area contributed by atoms with Gasteiger partial charge in [-0.2, -0.15) is 0 Å². The van der Waals surface area contributed by atoms with Gasteiger partial charge in [-0.1, -0.05) is 51.9 Å². The Morgan fingerprint density at radius 2 is 1.78 bits per heavy atom. The third kappa shape index (κ3) is 4.27. The van der Waals surface area contributed by atoms with Crippen LogP contribution in [0.3, 0.4) is 0 Å². The number of rotatable bonds is 5. The molecule has 3 heteroatoms. The molecule has 1 rings (SSSR count). The summed E-state index contributed by atoms with van der Waals surface area (Å²) in [4.78, 5) is 11.9. The van der Waals surface area contributed by atoms with Crippen LogP contribution in [-0.2, 0) is 9.53 Å². The third-order valence-electron chi connectivity index (χ3n) is 4.20. The van der Waals surface area contributed by atoms with Gasteiger partial charge in [0.2, 0.25) is 0 Å². The predicted octanol–water partition coefficient (Wildman–Crippen LogP) is 3.44. The van der Waals surface area contributed by atoms with Gasteiger partial charge in [0.1, 0.15) is 0 Å². The zero-order valence-electron chi connectivity index (χ0n) is 11.9. The van der Waals surface area contributed by atoms with Gasteiger partial charge < -0.3 is 9.84 Å². The number of unbranched alkanes of at least 4 members (excludes halogenated alkanes) is 1. The molecule has 0 heterocycles. The Kier molecular flexibility index (Phi) is 6.69. The zero-order valence-corrected chi connectivity index (χ0v) is 11.9. The molecule has 0 aromatic heterocycles. The second-order valence-electron chi connectivity index (χ2n) is 5.59. The van der Waals surface area contributed by atoms with Crippen molar-refractivity contribution in [2.45, 2.75) is 76.7 Å². The van der Waals surface area contributed by atoms with Gasteiger partial charge in [0.05, 0.1) is 18.6 Å². The van der Waals surface area contributed by atoms with Gasteiger partial charge in [-0.15, -0.1) is 0 Å². The summed E-state index contributed by atoms with van der Waals surface area (Å²) < 4.78 is 4.90. The maximum Gasteiger partial charge on any atom is 0.311 e. The Hall–Kier alpha value is -0.570. The number of carbonyl (C=O) groups excluding carboxylic acids is 1. The molecule has 1 unspecified atom stereocenters. The first-order valence-electron chi connectivity index (χ1n) is 7.44. The van der Waals surface area contributed by atoms with Gasteiger partial charge in [-0.3, -0.25) is 4.79 Å². The van der Waals surface area contributed by atoms with Crippen LogP contribution < -0.4 is 0 Å². The van der Waals surface area contributed by atoms with Gasteiger partial charge in [-0.25, -0.2) is 0 Å². The minimum absolute atomic E-state index is 0.230. The molecule has 0 bridgehead atoms. The number of hydrogen-bond donors (Lipinski definition) is 1. The van der Waals surface area contributed by atoms with Crippen molar-refractivity contribution in [1.29, 1.82) is 0 Å². The normalized spacial score (nSPS) is 21.7. The van der Waals surface area contributed by atoms with Crippen molar-refractivity contribution in [3.05, 3.63) is 0 Å². The van der Waals surface area contributed by atoms with Gasteiger partial charge in [-0.05, 0) is 19.3 Å². The van der Waals surface area contributed by atoms with E-state index in [9.17, 15) is 9.90 Å². The summed E-state index contributed by atoms with van der Waals surface area (Å²) in [5, 5.41) is 10.9. The lowest BCUT2D eigenvalue weighted by molar-refractivity contribution is -0.158. The highest BCUT2D eigenvalue weighted by atomic mass is 16.5. The van der Waals surface area contributed by atoms with Gasteiger partial charge >= 0.3 is 5.97 Å². The van der Waals surface area contributed by atoms with E-state index in [-0.39, 0.29) is 11.9 Å². The molecule has 1 N–H and O–H groups in total. The molecular formula is C15H28O3. The standard InChI is InChI=1S/C15H28O3/c1-3-4-10-13(14(16)18-2)15(17)11-8-6-5-7-9-12-15/h13,17H,3-12H2,1-2H3. The van der Waals surface area contributed by atoms with E-state index in [1.54, 1.807) is 0 Å². The smallest absolute Gasteiger partial charge is 0.311 e. The minimum Gasteiger partial charge on any atom is -0.469 e. The van der Waals surface area contributed by atoms with Crippen molar-refractivity contribution in [2.24, 2.45) is 5.92 Å². The maximum atomic E-state index is 11.9. The maximum absolute atomic E-state index is 11.9. The Morgan fingerprint density at radius 3 is 2.28 bits per heavy atom. The molecule has 106 valence electrons. The fourth-order valence-corrected chi connectivity index (χ4v) is 3.02. The van der Waals surface area contributed by atoms with Crippen LogP contribution in [-0.4, -0.2) is 23.8 Å². The van der Waals surface area contributed by atoms with Gasteiger partial charge in [0.25, 0.3) is 0 Å². The largest absolute Gasteiger partial charge is 0.469 e. The first kappa shape index (κ1) is 15.5. The summed E-state index contributed by atoms with van der Waals surface area (Å²) in [6.45, 7) is 2.11. The molecular weight excluding hydrogens is 228 g/mol. The van der Waals surface area contributed by atoms with Crippen molar-refractivity contribution in [2.75, 3.05) is 7.11 Å². The van der Waals surface area contributed by atoms with E-state index in [1.165, 1.54) is 26.4 Å². The molecule has 3 nitrogen and oxygen atoms in total. The molecule has 0 saturated heterocycles. The van der Waals surface area contributed by atoms with E-state index >= 15 is 0 Å². The van der Waals surface area contributed by atoms with Crippen LogP contribution in [0, 0.1) is 5.92 Å². The van der Waals surface area contributed by atoms with E-state index in [0.29, 0.717) is 0 Å². The molecule has 0 aliphatic heterocycles. The number of aliphatic hydroxyl groups is 1. The SMILES string of the molecule is CCCCC(C(=O)OC)C1(O)CCCCCCC1. The third-order valence-corrected chi connectivity index (χ3v) is 4.20. The summed E-state index contributed by atoms with van der Waals surface area (Å²) in [6.07, 6.45) is 9.91. The van der Waals surface area contributed by atoms with Crippen LogP contribution in [0.1, 0.15) is 71.1 Å². The first-order valence-corrected chi connectivity index (χ1v) is 7.44. The number of methoxy groups -OCH3 is 1. The second kappa shape index (κ2) is 7.78. The van der Waals surface area contributed by atoms with E-state index < -0.39 is 5.60 Å². The molecule has 1 atom stereocenters. The zero-order chi connectivity index (χ0) is 13.4. The number of hydrogen-bond acceptors (Lipinski definition) is 3. The highest BCUT2D eigenvalue weighted by Crippen LogP contribution is 2.35. The summed E-state index contributed by atoms with van der Waals surface area (Å²) >= 11 is 0. The van der Waals surface area contributed by atoms with Crippen LogP contribution in [0.15, 0.2) is 0 Å². The van der Waals surface area contributed by atoms with Crippen LogP contribution >= 0.6 is 0 Å². The molecule has 0 amide bonds. The number of carbonyl (C=O) groups is 1. The van der Waals surface area contributed by atoms with E-state index in [0.717, 1.165) is 44.9 Å². The molecule has 0 radical (unpaired) electrons. The van der Waals surface area contributed by atoms with Crippen molar-refractivity contribution in [1.82, 2.24) is 0 Å². The Labute approximate surface area is 111 Å². The molecule has 1 fully saturated rings. The molecule has 1 aliphatic rings. The molecule has 1 aliphatic carbocycles. The molecule has 0 aromatic carbocycles. The van der Waals surface area contributed by atoms with E-state index in [4.69, 9.17) is 4.74 Å². The second-order valence-corrected chi connectivity index (χ2v) is 5.59. The summed E-state index contributed by atoms with van der Waals surface area (Å²) in [5.41, 5.74) is -0.831. The molecule has 0 aromatic rings. The highest BCUT2D eigenvalue weighted by molar-refractivity contribution is 5.73. The van der Waals surface area contributed by atoms with Crippen molar-refractivity contribution < 1.29 is 14.6 Å². The highest BCUT2D eigenvalue weighted by Gasteiger charge is 2.41. The lowest BCUT2D eigenvalue weighted by Crippen LogP contribution is -2.43. The fourth-order valence-electron chi connectivity index (χ4n) is 3.02. The average molecular weight is 256 g/mol. The Balaban J connectivity index is 2.74. The fraction of sp³-hybridized carbons (Fsp3) is 0.933. The van der Waals surface area contributed by atoms with Gasteiger partial charge in [0, 0.05) is 0 Å². The van der Waals surface area contributed by atoms with Crippen molar-refractivity contribution >= 4 is 5.97 Å². The van der Waals surface area contributed by atoms with E-state index in [1.807, 2.05) is 0 Å². The minimum atomic E-state index is -0.831. The monoisotopic (exact) mass is 256 g/mol. The number of ether oxygens (including phenoxy) is 1.